The van der Waals surface area contributed by atoms with Gasteiger partial charge >= 0.3 is 5.97 Å². The number of ether oxygens (including phenoxy) is 1. The zero-order valence-electron chi connectivity index (χ0n) is 36.7. The van der Waals surface area contributed by atoms with Crippen LogP contribution >= 0.6 is 0 Å². The molecule has 3 nitrogen and oxygen atoms in total. The molecule has 0 bridgehead atoms. The van der Waals surface area contributed by atoms with Crippen LogP contribution in [0.25, 0.3) is 0 Å². The van der Waals surface area contributed by atoms with Gasteiger partial charge < -0.3 is 9.64 Å². The summed E-state index contributed by atoms with van der Waals surface area (Å²) >= 11 is 0. The molecule has 0 aromatic carbocycles. The van der Waals surface area contributed by atoms with Gasteiger partial charge in [-0.1, -0.05) is 234 Å². The summed E-state index contributed by atoms with van der Waals surface area (Å²) in [7, 11) is 4.20. The minimum absolute atomic E-state index is 0.0156. The Bertz CT molecular complexity index is 675. The zero-order valence-corrected chi connectivity index (χ0v) is 36.7. The summed E-state index contributed by atoms with van der Waals surface area (Å²) in [6, 6.07) is 0. The molecule has 0 fully saturated rings. The zero-order chi connectivity index (χ0) is 37.8. The van der Waals surface area contributed by atoms with Gasteiger partial charge in [0.1, 0.15) is 0 Å². The number of esters is 1. The van der Waals surface area contributed by atoms with Gasteiger partial charge in [-0.25, -0.2) is 0 Å². The van der Waals surface area contributed by atoms with Crippen LogP contribution in [0.2, 0.25) is 0 Å². The van der Waals surface area contributed by atoms with Crippen molar-refractivity contribution in [2.45, 2.75) is 247 Å². The fourth-order valence-electron chi connectivity index (χ4n) is 8.28. The van der Waals surface area contributed by atoms with Gasteiger partial charge in [0.15, 0.2) is 0 Å². The van der Waals surface area contributed by atoms with Crippen LogP contribution < -0.4 is 0 Å². The first-order valence-electron chi connectivity index (χ1n) is 23.6. The van der Waals surface area contributed by atoms with Gasteiger partial charge in [-0.15, -0.1) is 0 Å². The fraction of sp³-hybridized carbons (Fsp3) is 0.979. The Labute approximate surface area is 323 Å². The maximum atomic E-state index is 13.0. The van der Waals surface area contributed by atoms with E-state index >= 15 is 0 Å². The van der Waals surface area contributed by atoms with Crippen molar-refractivity contribution in [3.8, 4) is 0 Å². The highest BCUT2D eigenvalue weighted by Gasteiger charge is 2.32. The summed E-state index contributed by atoms with van der Waals surface area (Å²) in [4.78, 5) is 15.2. The lowest BCUT2D eigenvalue weighted by Crippen LogP contribution is -2.32. The van der Waals surface area contributed by atoms with Gasteiger partial charge in [0.25, 0.3) is 0 Å². The number of hydrogen-bond acceptors (Lipinski definition) is 3. The molecule has 0 saturated heterocycles. The molecule has 0 aliphatic rings. The second-order valence-corrected chi connectivity index (χ2v) is 17.6. The molecule has 0 spiro atoms. The summed E-state index contributed by atoms with van der Waals surface area (Å²) in [5.41, 5.74) is 0. The Hall–Kier alpha value is -0.570. The average molecular weight is 720 g/mol. The van der Waals surface area contributed by atoms with Crippen LogP contribution in [0.1, 0.15) is 247 Å². The summed E-state index contributed by atoms with van der Waals surface area (Å²) < 4.78 is 5.75. The predicted molar refractivity (Wildman–Crippen MR) is 229 cm³/mol. The lowest BCUT2D eigenvalue weighted by atomic mass is 9.71. The summed E-state index contributed by atoms with van der Waals surface area (Å²) in [6.07, 6.45) is 44.8. The number of hydrogen-bond donors (Lipinski definition) is 0. The van der Waals surface area contributed by atoms with Gasteiger partial charge in [-0.2, -0.15) is 0 Å². The first-order valence-corrected chi connectivity index (χ1v) is 23.6. The standard InChI is InChI=1S/C48H97NO2/c1-9-11-13-15-17-19-21-23-25-27-29-31-33-35-39-47(40-36-34-32-30-28-26-24-22-20-18-16-14-12-10-2)45(5)43(3)44(4)46(6)48(50)51-42-38-37-41-49(7)8/h43-47H,9-42H2,1-8H3. The molecule has 0 aliphatic carbocycles. The third-order valence-electron chi connectivity index (χ3n) is 12.7. The van der Waals surface area contributed by atoms with E-state index in [2.05, 4.69) is 60.5 Å². The molecule has 306 valence electrons. The molecule has 51 heavy (non-hydrogen) atoms. The normalized spacial score (nSPS) is 14.3. The third-order valence-corrected chi connectivity index (χ3v) is 12.7. The molecular formula is C48H97NO2. The molecule has 0 rings (SSSR count). The van der Waals surface area contributed by atoms with Gasteiger partial charge in [0.2, 0.25) is 0 Å². The molecule has 0 aromatic rings. The maximum Gasteiger partial charge on any atom is 0.308 e. The molecule has 0 radical (unpaired) electrons. The molecule has 0 N–H and O–H groups in total. The lowest BCUT2D eigenvalue weighted by Gasteiger charge is -2.35. The van der Waals surface area contributed by atoms with Gasteiger partial charge in [-0.05, 0) is 57.2 Å². The summed E-state index contributed by atoms with van der Waals surface area (Å²) in [6.45, 7) is 15.6. The van der Waals surface area contributed by atoms with Crippen molar-refractivity contribution in [3.05, 3.63) is 0 Å². The number of carbonyl (C=O) groups is 1. The van der Waals surface area contributed by atoms with Crippen molar-refractivity contribution in [3.63, 3.8) is 0 Å². The van der Waals surface area contributed by atoms with Crippen molar-refractivity contribution in [1.82, 2.24) is 4.90 Å². The predicted octanol–water partition coefficient (Wildman–Crippen LogP) is 15.8. The SMILES string of the molecule is CCCCCCCCCCCCCCCCC(CCCCCCCCCCCCCCCC)C(C)C(C)C(C)C(C)C(=O)OCCCCN(C)C. The van der Waals surface area contributed by atoms with Crippen LogP contribution in [0.3, 0.4) is 0 Å². The van der Waals surface area contributed by atoms with Gasteiger partial charge in [0, 0.05) is 0 Å². The first kappa shape index (κ1) is 50.4. The monoisotopic (exact) mass is 720 g/mol. The Kier molecular flexibility index (Phi) is 37.3. The number of rotatable bonds is 40. The van der Waals surface area contributed by atoms with Crippen molar-refractivity contribution in [1.29, 1.82) is 0 Å². The maximum absolute atomic E-state index is 13.0. The number of nitrogens with zero attached hydrogens (tertiary/aromatic N) is 1. The molecule has 3 heteroatoms. The quantitative estimate of drug-likeness (QED) is 0.0466. The van der Waals surface area contributed by atoms with Gasteiger partial charge in [-0.3, -0.25) is 4.79 Å². The minimum atomic E-state index is -0.0286. The number of unbranched alkanes of at least 4 members (excludes halogenated alkanes) is 27. The Morgan fingerprint density at radius 1 is 0.431 bits per heavy atom. The Balaban J connectivity index is 4.56. The van der Waals surface area contributed by atoms with Crippen molar-refractivity contribution >= 4 is 5.97 Å². The Morgan fingerprint density at radius 2 is 0.765 bits per heavy atom. The second-order valence-electron chi connectivity index (χ2n) is 17.6. The van der Waals surface area contributed by atoms with E-state index in [1.165, 1.54) is 193 Å². The second kappa shape index (κ2) is 37.7. The highest BCUT2D eigenvalue weighted by molar-refractivity contribution is 5.72. The van der Waals surface area contributed by atoms with Crippen LogP contribution in [-0.2, 0) is 9.53 Å². The lowest BCUT2D eigenvalue weighted by molar-refractivity contribution is -0.150. The van der Waals surface area contributed by atoms with Crippen molar-refractivity contribution in [2.75, 3.05) is 27.2 Å². The van der Waals surface area contributed by atoms with Crippen LogP contribution in [-0.4, -0.2) is 38.1 Å². The van der Waals surface area contributed by atoms with E-state index in [9.17, 15) is 4.79 Å². The highest BCUT2D eigenvalue weighted by Crippen LogP contribution is 2.36. The fourth-order valence-corrected chi connectivity index (χ4v) is 8.28. The number of carbonyl (C=O) groups excluding carboxylic acids is 1. The molecule has 0 aliphatic heterocycles. The van der Waals surface area contributed by atoms with Crippen LogP contribution in [0, 0.1) is 29.6 Å². The largest absolute Gasteiger partial charge is 0.465 e. The third kappa shape index (κ3) is 31.5. The molecule has 0 amide bonds. The molecule has 0 aromatic heterocycles. The van der Waals surface area contributed by atoms with E-state index in [4.69, 9.17) is 4.74 Å². The smallest absolute Gasteiger partial charge is 0.308 e. The summed E-state index contributed by atoms with van der Waals surface area (Å²) in [5.74, 6) is 2.31. The van der Waals surface area contributed by atoms with E-state index in [0.717, 1.165) is 25.3 Å². The summed E-state index contributed by atoms with van der Waals surface area (Å²) in [5, 5.41) is 0. The van der Waals surface area contributed by atoms with Crippen LogP contribution in [0.15, 0.2) is 0 Å². The van der Waals surface area contributed by atoms with Crippen LogP contribution in [0.5, 0.6) is 0 Å². The molecular weight excluding hydrogens is 623 g/mol. The molecule has 0 heterocycles. The first-order chi connectivity index (χ1) is 24.8. The van der Waals surface area contributed by atoms with E-state index in [-0.39, 0.29) is 11.9 Å². The molecule has 4 atom stereocenters. The topological polar surface area (TPSA) is 29.5 Å². The van der Waals surface area contributed by atoms with Crippen LogP contribution in [0.4, 0.5) is 0 Å². The van der Waals surface area contributed by atoms with E-state index < -0.39 is 0 Å². The van der Waals surface area contributed by atoms with E-state index in [0.29, 0.717) is 24.4 Å². The Morgan fingerprint density at radius 3 is 1.10 bits per heavy atom. The van der Waals surface area contributed by atoms with E-state index in [1.54, 1.807) is 0 Å². The molecule has 4 unspecified atom stereocenters. The van der Waals surface area contributed by atoms with Crippen molar-refractivity contribution in [2.24, 2.45) is 29.6 Å². The average Bonchev–Trinajstić information content (AvgIpc) is 3.12. The van der Waals surface area contributed by atoms with E-state index in [1.807, 2.05) is 0 Å². The highest BCUT2D eigenvalue weighted by atomic mass is 16.5. The molecule has 0 saturated carbocycles. The van der Waals surface area contributed by atoms with Crippen molar-refractivity contribution < 1.29 is 9.53 Å². The van der Waals surface area contributed by atoms with Gasteiger partial charge in [0.05, 0.1) is 12.5 Å². The minimum Gasteiger partial charge on any atom is -0.465 e.